The molecule has 0 radical (unpaired) electrons. The van der Waals surface area contributed by atoms with Crippen LogP contribution in [0.4, 0.5) is 0 Å². The van der Waals surface area contributed by atoms with Gasteiger partial charge in [0.1, 0.15) is 0 Å². The molecule has 5 nitrogen and oxygen atoms in total. The van der Waals surface area contributed by atoms with Crippen LogP contribution in [0.5, 0.6) is 11.5 Å². The second-order valence-corrected chi connectivity index (χ2v) is 6.47. The Kier molecular flexibility index (Phi) is 3.45. The van der Waals surface area contributed by atoms with E-state index in [0.29, 0.717) is 17.4 Å². The maximum atomic E-state index is 12.6. The summed E-state index contributed by atoms with van der Waals surface area (Å²) in [6.07, 6.45) is 2.75. The van der Waals surface area contributed by atoms with E-state index in [9.17, 15) is 4.79 Å². The smallest absolute Gasteiger partial charge is 0.254 e. The third-order valence-electron chi connectivity index (χ3n) is 5.10. The molecule has 0 aromatic heterocycles. The number of hydrogen-bond acceptors (Lipinski definition) is 4. The van der Waals surface area contributed by atoms with Gasteiger partial charge in [-0.3, -0.25) is 9.69 Å². The predicted molar refractivity (Wildman–Crippen MR) is 82.2 cm³/mol. The SMILES string of the molecule is C[C@H](C1CC1)N1CCN(C(=O)c2ccc3c(c2)OCO3)CC1. The van der Waals surface area contributed by atoms with Crippen LogP contribution in [0, 0.1) is 5.92 Å². The average molecular weight is 302 g/mol. The summed E-state index contributed by atoms with van der Waals surface area (Å²) in [5.74, 6) is 2.37. The highest BCUT2D eigenvalue weighted by Gasteiger charge is 2.34. The molecule has 3 aliphatic rings. The van der Waals surface area contributed by atoms with Gasteiger partial charge < -0.3 is 14.4 Å². The Morgan fingerprint density at radius 2 is 1.86 bits per heavy atom. The predicted octanol–water partition coefficient (Wildman–Crippen LogP) is 1.97. The van der Waals surface area contributed by atoms with E-state index in [1.807, 2.05) is 17.0 Å². The summed E-state index contributed by atoms with van der Waals surface area (Å²) >= 11 is 0. The van der Waals surface area contributed by atoms with Crippen molar-refractivity contribution in [1.29, 1.82) is 0 Å². The highest BCUT2D eigenvalue weighted by Crippen LogP contribution is 2.36. The molecule has 0 N–H and O–H groups in total. The largest absolute Gasteiger partial charge is 0.454 e. The molecule has 2 aliphatic heterocycles. The number of benzene rings is 1. The number of carbonyl (C=O) groups is 1. The van der Waals surface area contributed by atoms with E-state index in [4.69, 9.17) is 9.47 Å². The van der Waals surface area contributed by atoms with Crippen molar-refractivity contribution >= 4 is 5.91 Å². The molecule has 22 heavy (non-hydrogen) atoms. The van der Waals surface area contributed by atoms with Gasteiger partial charge in [0.05, 0.1) is 0 Å². The third kappa shape index (κ3) is 2.54. The molecular weight excluding hydrogens is 280 g/mol. The molecule has 4 rings (SSSR count). The van der Waals surface area contributed by atoms with Crippen molar-refractivity contribution in [2.24, 2.45) is 5.92 Å². The highest BCUT2D eigenvalue weighted by molar-refractivity contribution is 5.95. The van der Waals surface area contributed by atoms with E-state index in [1.54, 1.807) is 6.07 Å². The van der Waals surface area contributed by atoms with Gasteiger partial charge in [-0.25, -0.2) is 0 Å². The molecule has 5 heteroatoms. The Morgan fingerprint density at radius 1 is 1.14 bits per heavy atom. The van der Waals surface area contributed by atoms with Crippen molar-refractivity contribution in [2.45, 2.75) is 25.8 Å². The van der Waals surface area contributed by atoms with E-state index in [2.05, 4.69) is 11.8 Å². The van der Waals surface area contributed by atoms with Gasteiger partial charge in [0.25, 0.3) is 5.91 Å². The van der Waals surface area contributed by atoms with Gasteiger partial charge >= 0.3 is 0 Å². The summed E-state index contributed by atoms with van der Waals surface area (Å²) in [5, 5.41) is 0. The number of carbonyl (C=O) groups excluding carboxylic acids is 1. The van der Waals surface area contributed by atoms with E-state index in [1.165, 1.54) is 12.8 Å². The van der Waals surface area contributed by atoms with Gasteiger partial charge in [-0.05, 0) is 43.9 Å². The minimum atomic E-state index is 0.0945. The summed E-state index contributed by atoms with van der Waals surface area (Å²) in [5.41, 5.74) is 0.688. The fourth-order valence-corrected chi connectivity index (χ4v) is 3.42. The zero-order valence-electron chi connectivity index (χ0n) is 13.0. The molecule has 0 bridgehead atoms. The Hall–Kier alpha value is -1.75. The van der Waals surface area contributed by atoms with Crippen LogP contribution in [-0.2, 0) is 0 Å². The minimum absolute atomic E-state index is 0.0945. The van der Waals surface area contributed by atoms with Crippen molar-refractivity contribution in [3.63, 3.8) is 0 Å². The van der Waals surface area contributed by atoms with Crippen molar-refractivity contribution in [3.05, 3.63) is 23.8 Å². The van der Waals surface area contributed by atoms with Gasteiger partial charge in [0, 0.05) is 37.8 Å². The molecule has 118 valence electrons. The van der Waals surface area contributed by atoms with Crippen molar-refractivity contribution in [1.82, 2.24) is 9.80 Å². The summed E-state index contributed by atoms with van der Waals surface area (Å²) in [6, 6.07) is 6.11. The first-order chi connectivity index (χ1) is 10.7. The fraction of sp³-hybridized carbons (Fsp3) is 0.588. The van der Waals surface area contributed by atoms with Crippen LogP contribution >= 0.6 is 0 Å². The molecule has 0 unspecified atom stereocenters. The van der Waals surface area contributed by atoms with Crippen LogP contribution in [0.2, 0.25) is 0 Å². The number of amides is 1. The summed E-state index contributed by atoms with van der Waals surface area (Å²) in [6.45, 7) is 6.15. The molecule has 1 aliphatic carbocycles. The Labute approximate surface area is 130 Å². The quantitative estimate of drug-likeness (QED) is 0.856. The molecule has 2 fully saturated rings. The molecule has 0 spiro atoms. The number of nitrogens with zero attached hydrogens (tertiary/aromatic N) is 2. The molecule has 1 aromatic rings. The Bertz CT molecular complexity index is 577. The number of piperazine rings is 1. The molecule has 1 amide bonds. The van der Waals surface area contributed by atoms with Crippen LogP contribution in [0.15, 0.2) is 18.2 Å². The number of ether oxygens (including phenoxy) is 2. The lowest BCUT2D eigenvalue weighted by Crippen LogP contribution is -2.51. The van der Waals surface area contributed by atoms with E-state index >= 15 is 0 Å². The number of fused-ring (bicyclic) bond motifs is 1. The second-order valence-electron chi connectivity index (χ2n) is 6.47. The van der Waals surface area contributed by atoms with Crippen molar-refractivity contribution in [3.8, 4) is 11.5 Å². The summed E-state index contributed by atoms with van der Waals surface area (Å²) < 4.78 is 10.7. The van der Waals surface area contributed by atoms with E-state index < -0.39 is 0 Å². The highest BCUT2D eigenvalue weighted by atomic mass is 16.7. The molecule has 1 aromatic carbocycles. The topological polar surface area (TPSA) is 42.0 Å². The maximum Gasteiger partial charge on any atom is 0.254 e. The first-order valence-corrected chi connectivity index (χ1v) is 8.15. The molecule has 1 saturated heterocycles. The summed E-state index contributed by atoms with van der Waals surface area (Å²) in [7, 11) is 0. The van der Waals surface area contributed by atoms with Crippen molar-refractivity contribution in [2.75, 3.05) is 33.0 Å². The fourth-order valence-electron chi connectivity index (χ4n) is 3.42. The number of rotatable bonds is 3. The van der Waals surface area contributed by atoms with Gasteiger partial charge in [-0.2, -0.15) is 0 Å². The van der Waals surface area contributed by atoms with Gasteiger partial charge in [-0.15, -0.1) is 0 Å². The van der Waals surface area contributed by atoms with Crippen molar-refractivity contribution < 1.29 is 14.3 Å². The average Bonchev–Trinajstić information content (AvgIpc) is 3.31. The lowest BCUT2D eigenvalue weighted by atomic mass is 10.1. The molecular formula is C17H22N2O3. The molecule has 1 saturated carbocycles. The van der Waals surface area contributed by atoms with Gasteiger partial charge in [0.2, 0.25) is 6.79 Å². The lowest BCUT2D eigenvalue weighted by molar-refractivity contribution is 0.0563. The van der Waals surface area contributed by atoms with Crippen LogP contribution in [0.3, 0.4) is 0 Å². The Morgan fingerprint density at radius 3 is 2.59 bits per heavy atom. The van der Waals surface area contributed by atoms with Crippen LogP contribution in [0.25, 0.3) is 0 Å². The van der Waals surface area contributed by atoms with E-state index in [-0.39, 0.29) is 12.7 Å². The van der Waals surface area contributed by atoms with Gasteiger partial charge in [-0.1, -0.05) is 0 Å². The van der Waals surface area contributed by atoms with E-state index in [0.717, 1.165) is 37.8 Å². The maximum absolute atomic E-state index is 12.6. The van der Waals surface area contributed by atoms with Crippen LogP contribution in [-0.4, -0.2) is 54.7 Å². The zero-order valence-corrected chi connectivity index (χ0v) is 13.0. The normalized spacial score (nSPS) is 22.7. The monoisotopic (exact) mass is 302 g/mol. The van der Waals surface area contributed by atoms with Crippen LogP contribution in [0.1, 0.15) is 30.1 Å². The molecule has 1 atom stereocenters. The Balaban J connectivity index is 1.39. The van der Waals surface area contributed by atoms with Crippen LogP contribution < -0.4 is 9.47 Å². The minimum Gasteiger partial charge on any atom is -0.454 e. The standard InChI is InChI=1S/C17H22N2O3/c1-12(13-2-3-13)18-6-8-19(9-7-18)17(20)14-4-5-15-16(10-14)22-11-21-15/h4-5,10,12-13H,2-3,6-9,11H2,1H3/t12-/m1/s1. The first-order valence-electron chi connectivity index (χ1n) is 8.15. The number of hydrogen-bond donors (Lipinski definition) is 0. The third-order valence-corrected chi connectivity index (χ3v) is 5.10. The first kappa shape index (κ1) is 13.9. The zero-order chi connectivity index (χ0) is 15.1. The summed E-state index contributed by atoms with van der Waals surface area (Å²) in [4.78, 5) is 17.1. The second kappa shape index (κ2) is 5.47. The lowest BCUT2D eigenvalue weighted by Gasteiger charge is -2.38. The molecule has 2 heterocycles. The van der Waals surface area contributed by atoms with Gasteiger partial charge in [0.15, 0.2) is 11.5 Å².